The van der Waals surface area contributed by atoms with E-state index >= 15 is 0 Å². The molecule has 0 aromatic heterocycles. The molecule has 0 unspecified atom stereocenters. The van der Waals surface area contributed by atoms with Crippen LogP contribution < -0.4 is 19.1 Å². The third-order valence-corrected chi connectivity index (χ3v) is 5.02. The molecule has 1 aliphatic rings. The molecular weight excluding hydrogens is 354 g/mol. The number of benzene rings is 3. The van der Waals surface area contributed by atoms with Crippen molar-refractivity contribution in [1.82, 2.24) is 0 Å². The number of nitrogens with zero attached hydrogens (tertiary/aromatic N) is 1. The van der Waals surface area contributed by atoms with Gasteiger partial charge >= 0.3 is 5.97 Å². The second kappa shape index (κ2) is 7.27. The first kappa shape index (κ1) is 17.9. The van der Waals surface area contributed by atoms with Crippen LogP contribution in [-0.2, 0) is 4.79 Å². The molecule has 0 fully saturated rings. The van der Waals surface area contributed by atoms with Crippen LogP contribution in [0.4, 0.5) is 11.4 Å². The summed E-state index contributed by atoms with van der Waals surface area (Å²) in [7, 11) is 5.18. The molecule has 28 heavy (non-hydrogen) atoms. The number of para-hydroxylation sites is 1. The maximum Gasteiger partial charge on any atom is 0.323 e. The first-order valence-corrected chi connectivity index (χ1v) is 9.00. The van der Waals surface area contributed by atoms with Crippen molar-refractivity contribution < 1.29 is 19.0 Å². The minimum Gasteiger partial charge on any atom is -0.496 e. The second-order valence-corrected chi connectivity index (χ2v) is 6.51. The first-order chi connectivity index (χ1) is 13.7. The molecule has 0 aliphatic carbocycles. The van der Waals surface area contributed by atoms with Gasteiger partial charge in [0.05, 0.1) is 14.2 Å². The van der Waals surface area contributed by atoms with Crippen LogP contribution in [0.1, 0.15) is 17.0 Å². The molecule has 1 aliphatic heterocycles. The zero-order chi connectivity index (χ0) is 19.7. The van der Waals surface area contributed by atoms with Crippen molar-refractivity contribution in [1.29, 1.82) is 0 Å². The summed E-state index contributed by atoms with van der Waals surface area (Å²) in [5.74, 6) is 0.718. The molecule has 0 saturated carbocycles. The number of rotatable bonds is 4. The van der Waals surface area contributed by atoms with Gasteiger partial charge in [-0.2, -0.15) is 0 Å². The number of ether oxygens (including phenoxy) is 3. The number of hydrogen-bond acceptors (Lipinski definition) is 5. The van der Waals surface area contributed by atoms with Gasteiger partial charge in [-0.15, -0.1) is 0 Å². The van der Waals surface area contributed by atoms with Crippen molar-refractivity contribution in [3.8, 4) is 17.2 Å². The van der Waals surface area contributed by atoms with Gasteiger partial charge in [0.2, 0.25) is 0 Å². The third kappa shape index (κ3) is 2.85. The highest BCUT2D eigenvalue weighted by Gasteiger charge is 2.39. The van der Waals surface area contributed by atoms with Crippen LogP contribution in [0, 0.1) is 0 Å². The Hall–Kier alpha value is -3.47. The van der Waals surface area contributed by atoms with Crippen LogP contribution in [-0.4, -0.2) is 27.2 Å². The summed E-state index contributed by atoms with van der Waals surface area (Å²) in [6.45, 7) is 0. The average molecular weight is 375 g/mol. The number of esters is 1. The van der Waals surface area contributed by atoms with Gasteiger partial charge in [0.1, 0.15) is 23.2 Å². The van der Waals surface area contributed by atoms with Gasteiger partial charge in [-0.1, -0.05) is 30.3 Å². The first-order valence-electron chi connectivity index (χ1n) is 9.00. The molecule has 4 rings (SSSR count). The second-order valence-electron chi connectivity index (χ2n) is 6.51. The Bertz CT molecular complexity index is 961. The number of carbonyl (C=O) groups is 1. The summed E-state index contributed by atoms with van der Waals surface area (Å²) in [6, 6.07) is 20.6. The summed E-state index contributed by atoms with van der Waals surface area (Å²) in [6.07, 6.45) is 0. The van der Waals surface area contributed by atoms with Gasteiger partial charge < -0.3 is 19.1 Å². The Kier molecular flexibility index (Phi) is 4.65. The van der Waals surface area contributed by atoms with Gasteiger partial charge in [0.15, 0.2) is 0 Å². The van der Waals surface area contributed by atoms with Crippen molar-refractivity contribution in [2.45, 2.75) is 5.92 Å². The predicted octanol–water partition coefficient (Wildman–Crippen LogP) is 4.52. The normalized spacial score (nSPS) is 12.8. The molecule has 0 saturated heterocycles. The zero-order valence-corrected chi connectivity index (χ0v) is 16.0. The topological polar surface area (TPSA) is 48.0 Å². The number of methoxy groups -OCH3 is 2. The molecule has 3 aromatic carbocycles. The lowest BCUT2D eigenvalue weighted by molar-refractivity contribution is -0.135. The van der Waals surface area contributed by atoms with Gasteiger partial charge in [-0.3, -0.25) is 4.79 Å². The van der Waals surface area contributed by atoms with E-state index in [4.69, 9.17) is 14.2 Å². The fourth-order valence-electron chi connectivity index (χ4n) is 3.76. The van der Waals surface area contributed by atoms with E-state index in [2.05, 4.69) is 0 Å². The number of fused-ring (bicyclic) bond motifs is 2. The molecule has 0 radical (unpaired) electrons. The third-order valence-electron chi connectivity index (χ3n) is 5.02. The Morgan fingerprint density at radius 1 is 0.786 bits per heavy atom. The van der Waals surface area contributed by atoms with Crippen LogP contribution in [0.5, 0.6) is 17.2 Å². The highest BCUT2D eigenvalue weighted by molar-refractivity contribution is 5.94. The van der Waals surface area contributed by atoms with Crippen molar-refractivity contribution >= 4 is 17.3 Å². The SMILES string of the molecule is COc1cccc2c1C(C(=O)Oc1ccccc1)c1c(OC)cccc1N2C. The lowest BCUT2D eigenvalue weighted by Crippen LogP contribution is -2.29. The van der Waals surface area contributed by atoms with Gasteiger partial charge in [-0.05, 0) is 36.4 Å². The Morgan fingerprint density at radius 3 is 1.82 bits per heavy atom. The quantitative estimate of drug-likeness (QED) is 0.496. The van der Waals surface area contributed by atoms with Crippen LogP contribution in [0.2, 0.25) is 0 Å². The van der Waals surface area contributed by atoms with E-state index in [0.717, 1.165) is 22.5 Å². The number of anilines is 2. The van der Waals surface area contributed by atoms with Crippen molar-refractivity contribution in [2.75, 3.05) is 26.2 Å². The average Bonchev–Trinajstić information content (AvgIpc) is 2.74. The molecule has 1 heterocycles. The van der Waals surface area contributed by atoms with Crippen LogP contribution in [0.15, 0.2) is 66.7 Å². The van der Waals surface area contributed by atoms with Crippen molar-refractivity contribution in [3.63, 3.8) is 0 Å². The maximum atomic E-state index is 13.4. The molecule has 5 heteroatoms. The highest BCUT2D eigenvalue weighted by Crippen LogP contribution is 2.51. The summed E-state index contributed by atoms with van der Waals surface area (Å²) in [5.41, 5.74) is 3.33. The molecule has 0 bridgehead atoms. The van der Waals surface area contributed by atoms with Crippen molar-refractivity contribution in [3.05, 3.63) is 77.9 Å². The van der Waals surface area contributed by atoms with Gasteiger partial charge in [0, 0.05) is 29.5 Å². The molecule has 142 valence electrons. The zero-order valence-electron chi connectivity index (χ0n) is 16.0. The van der Waals surface area contributed by atoms with Crippen LogP contribution in [0.25, 0.3) is 0 Å². The van der Waals surface area contributed by atoms with Crippen molar-refractivity contribution in [2.24, 2.45) is 0 Å². The standard InChI is InChI=1S/C23H21NO4/c1-24-16-11-7-13-18(26-2)20(16)22(21-17(24)12-8-14-19(21)27-3)23(25)28-15-9-5-4-6-10-15/h4-14,22H,1-3H3. The summed E-state index contributed by atoms with van der Waals surface area (Å²) >= 11 is 0. The molecule has 5 nitrogen and oxygen atoms in total. The van der Waals surface area contributed by atoms with E-state index in [-0.39, 0.29) is 5.97 Å². The molecule has 0 atom stereocenters. The monoisotopic (exact) mass is 375 g/mol. The maximum absolute atomic E-state index is 13.4. The molecule has 0 N–H and O–H groups in total. The predicted molar refractivity (Wildman–Crippen MR) is 108 cm³/mol. The van der Waals surface area contributed by atoms with Crippen LogP contribution >= 0.6 is 0 Å². The smallest absolute Gasteiger partial charge is 0.323 e. The lowest BCUT2D eigenvalue weighted by Gasteiger charge is -2.35. The Morgan fingerprint density at radius 2 is 1.32 bits per heavy atom. The van der Waals surface area contributed by atoms with Gasteiger partial charge in [-0.25, -0.2) is 0 Å². The summed E-state index contributed by atoms with van der Waals surface area (Å²) < 4.78 is 16.9. The fourth-order valence-corrected chi connectivity index (χ4v) is 3.76. The Balaban J connectivity index is 1.92. The molecular formula is C23H21NO4. The van der Waals surface area contributed by atoms with E-state index in [1.54, 1.807) is 26.4 Å². The van der Waals surface area contributed by atoms with Crippen LogP contribution in [0.3, 0.4) is 0 Å². The van der Waals surface area contributed by atoms with E-state index in [0.29, 0.717) is 17.2 Å². The largest absolute Gasteiger partial charge is 0.496 e. The minimum absolute atomic E-state index is 0.379. The summed E-state index contributed by atoms with van der Waals surface area (Å²) in [5, 5.41) is 0. The highest BCUT2D eigenvalue weighted by atomic mass is 16.5. The molecule has 0 amide bonds. The summed E-state index contributed by atoms with van der Waals surface area (Å²) in [4.78, 5) is 15.4. The van der Waals surface area contributed by atoms with E-state index in [9.17, 15) is 4.79 Å². The molecule has 3 aromatic rings. The lowest BCUT2D eigenvalue weighted by atomic mass is 9.83. The van der Waals surface area contributed by atoms with Gasteiger partial charge in [0.25, 0.3) is 0 Å². The van der Waals surface area contributed by atoms with E-state index < -0.39 is 5.92 Å². The van der Waals surface area contributed by atoms with E-state index in [1.165, 1.54) is 0 Å². The Labute approximate surface area is 164 Å². The fraction of sp³-hybridized carbons (Fsp3) is 0.174. The van der Waals surface area contributed by atoms with E-state index in [1.807, 2.05) is 66.5 Å². The number of hydrogen-bond donors (Lipinski definition) is 0. The molecule has 0 spiro atoms. The number of carbonyl (C=O) groups excluding carboxylic acids is 1. The minimum atomic E-state index is -0.672.